The minimum atomic E-state index is -0.994. The lowest BCUT2D eigenvalue weighted by atomic mass is 9.98. The highest BCUT2D eigenvalue weighted by atomic mass is 16.3. The van der Waals surface area contributed by atoms with Crippen LogP contribution in [0, 0.1) is 0 Å². The highest BCUT2D eigenvalue weighted by Gasteiger charge is 2.20. The smallest absolute Gasteiger partial charge is 0.167 e. The van der Waals surface area contributed by atoms with Gasteiger partial charge < -0.3 is 4.42 Å². The first kappa shape index (κ1) is 15.9. The number of fused-ring (bicyclic) bond motifs is 3. The fourth-order valence-corrected chi connectivity index (χ4v) is 5.89. The van der Waals surface area contributed by atoms with Gasteiger partial charge in [0.15, 0.2) is 17.5 Å². The van der Waals surface area contributed by atoms with Crippen molar-refractivity contribution < 1.29 is 37.3 Å². The minimum absolute atomic E-state index is 0.0417. The van der Waals surface area contributed by atoms with Crippen molar-refractivity contribution in [1.82, 2.24) is 15.0 Å². The number of para-hydroxylation sites is 2. The molecule has 0 aliphatic carbocycles. The van der Waals surface area contributed by atoms with Crippen LogP contribution in [0.25, 0.3) is 101 Å². The van der Waals surface area contributed by atoms with Gasteiger partial charge in [0.25, 0.3) is 0 Å². The molecular weight excluding hydrogens is 671 g/mol. The number of benzene rings is 8. The van der Waals surface area contributed by atoms with Crippen LogP contribution >= 0.6 is 0 Å². The van der Waals surface area contributed by atoms with Gasteiger partial charge in [0.05, 0.1) is 38.5 Å². The van der Waals surface area contributed by atoms with Gasteiger partial charge in [-0.3, -0.25) is 0 Å². The second kappa shape index (κ2) is 13.8. The summed E-state index contributed by atoms with van der Waals surface area (Å²) < 4.78 is 219. The van der Waals surface area contributed by atoms with Gasteiger partial charge in [-0.15, -0.1) is 0 Å². The van der Waals surface area contributed by atoms with Crippen molar-refractivity contribution in [3.05, 3.63) is 200 Å². The summed E-state index contributed by atoms with van der Waals surface area (Å²) in [6, 6.07) is -4.67. The Hall–Kier alpha value is -7.43. The first-order valence-electron chi connectivity index (χ1n) is 28.5. The maximum Gasteiger partial charge on any atom is 0.167 e. The molecule has 0 fully saturated rings. The Kier molecular flexibility index (Phi) is 4.00. The maximum absolute atomic E-state index is 9.53. The predicted molar refractivity (Wildman–Crippen MR) is 225 cm³/mol. The zero-order valence-electron chi connectivity index (χ0n) is 51.9. The van der Waals surface area contributed by atoms with Crippen molar-refractivity contribution in [1.29, 1.82) is 0 Å². The first-order chi connectivity index (χ1) is 37.2. The Morgan fingerprint density at radius 3 is 1.35 bits per heavy atom. The summed E-state index contributed by atoms with van der Waals surface area (Å²) >= 11 is 0. The normalized spacial score (nSPS) is 17.4. The SMILES string of the molecule is [2H]c1c([2H])c([2H])c(-c2c([2H])c([2H])c([2H])c(-c3nc(-c4c([2H])c([2H])c([2H])c(-c5c([2H])c([2H])c([2H])c([2H])c5[2H])c4[2H])nc(-c4c([2H])c([2H])c([2H])c5c4oc4c(-c6ccc(-c7ccccc7)cc6)c([2H])c([2H])c([2H])c45)n3)c2[2H])c([2H])c1[2H]. The number of nitrogens with zero attached hydrogens (tertiary/aromatic N) is 3. The maximum atomic E-state index is 9.53. The summed E-state index contributed by atoms with van der Waals surface area (Å²) in [7, 11) is 0. The van der Waals surface area contributed by atoms with Crippen molar-refractivity contribution in [2.24, 2.45) is 0 Å². The monoisotopic (exact) mass is 727 g/mol. The third-order valence-corrected chi connectivity index (χ3v) is 8.45. The van der Waals surface area contributed by atoms with Crippen molar-refractivity contribution in [2.45, 2.75) is 0 Å². The van der Waals surface area contributed by atoms with Crippen LogP contribution in [0.4, 0.5) is 0 Å². The molecule has 0 radical (unpaired) electrons. The molecule has 2 aromatic heterocycles. The Balaban J connectivity index is 1.36. The van der Waals surface area contributed by atoms with Gasteiger partial charge in [-0.1, -0.05) is 181 Å². The lowest BCUT2D eigenvalue weighted by molar-refractivity contribution is 0.670. The molecule has 4 heteroatoms. The number of aromatic nitrogens is 3. The molecule has 0 saturated carbocycles. The van der Waals surface area contributed by atoms with Crippen LogP contribution < -0.4 is 0 Å². The van der Waals surface area contributed by atoms with E-state index in [1.165, 1.54) is 0 Å². The number of hydrogen-bond donors (Lipinski definition) is 0. The van der Waals surface area contributed by atoms with Crippen molar-refractivity contribution >= 4 is 21.9 Å². The standard InChI is InChI=1S/C51H33N3O/c1-4-14-34(15-5-1)37-28-30-38(31-29-37)43-24-12-25-44-45-26-13-27-46(48(45)55-47(43)44)51-53-49(41-22-10-20-39(32-41)35-16-6-2-7-17-35)52-50(54-51)42-23-11-21-40(33-42)36-18-8-3-9-19-36/h1-33H/i2D,3D,6D,7D,8D,9D,10D,11D,12D,13D,16D,17D,18D,19D,20D,21D,22D,23D,24D,25D,26D,27D,32D,33D. The Labute approximate surface area is 352 Å². The van der Waals surface area contributed by atoms with E-state index in [4.69, 9.17) is 29.1 Å². The Morgan fingerprint density at radius 2 is 0.764 bits per heavy atom. The topological polar surface area (TPSA) is 51.8 Å². The van der Waals surface area contributed by atoms with E-state index in [-0.39, 0.29) is 21.9 Å². The van der Waals surface area contributed by atoms with Gasteiger partial charge in [0.1, 0.15) is 11.2 Å². The van der Waals surface area contributed by atoms with E-state index in [9.17, 15) is 8.22 Å². The number of rotatable bonds is 7. The average Bonchev–Trinajstić information content (AvgIpc) is 3.93. The third kappa shape index (κ3) is 6.16. The highest BCUT2D eigenvalue weighted by molar-refractivity contribution is 6.12. The number of hydrogen-bond acceptors (Lipinski definition) is 4. The molecule has 4 nitrogen and oxygen atoms in total. The molecule has 10 aromatic rings. The summed E-state index contributed by atoms with van der Waals surface area (Å²) in [5.41, 5.74) is -4.12. The van der Waals surface area contributed by atoms with E-state index < -0.39 is 207 Å². The average molecular weight is 728 g/mol. The summed E-state index contributed by atoms with van der Waals surface area (Å²) in [4.78, 5) is 13.4. The van der Waals surface area contributed by atoms with E-state index in [1.807, 2.05) is 30.3 Å². The molecule has 0 spiro atoms. The largest absolute Gasteiger partial charge is 0.455 e. The Bertz CT molecular complexity index is 4140. The zero-order chi connectivity index (χ0) is 57.4. The van der Waals surface area contributed by atoms with Crippen LogP contribution in [0.3, 0.4) is 0 Å². The molecule has 0 amide bonds. The molecule has 258 valence electrons. The summed E-state index contributed by atoms with van der Waals surface area (Å²) in [6.07, 6.45) is 0. The van der Waals surface area contributed by atoms with Crippen LogP contribution in [0.2, 0.25) is 0 Å². The molecule has 0 aliphatic heterocycles. The van der Waals surface area contributed by atoms with Crippen molar-refractivity contribution in [3.8, 4) is 78.7 Å². The number of furan rings is 1. The third-order valence-electron chi connectivity index (χ3n) is 8.45. The van der Waals surface area contributed by atoms with Crippen molar-refractivity contribution in [3.63, 3.8) is 0 Å². The quantitative estimate of drug-likeness (QED) is 0.164. The molecule has 10 rings (SSSR count). The van der Waals surface area contributed by atoms with E-state index in [0.29, 0.717) is 5.56 Å². The van der Waals surface area contributed by atoms with Gasteiger partial charge >= 0.3 is 0 Å². The van der Waals surface area contributed by atoms with Crippen LogP contribution in [0.1, 0.15) is 32.9 Å². The van der Waals surface area contributed by atoms with Crippen LogP contribution in [-0.2, 0) is 0 Å². The summed E-state index contributed by atoms with van der Waals surface area (Å²) in [5.74, 6) is -2.56. The zero-order valence-corrected chi connectivity index (χ0v) is 27.9. The molecule has 0 saturated heterocycles. The lowest BCUT2D eigenvalue weighted by Crippen LogP contribution is -2.00. The van der Waals surface area contributed by atoms with Crippen molar-refractivity contribution in [2.75, 3.05) is 0 Å². The van der Waals surface area contributed by atoms with E-state index in [2.05, 4.69) is 15.0 Å². The molecule has 0 N–H and O–H groups in total. The Morgan fingerprint density at radius 1 is 0.327 bits per heavy atom. The fourth-order valence-electron chi connectivity index (χ4n) is 5.89. The van der Waals surface area contributed by atoms with E-state index >= 15 is 0 Å². The van der Waals surface area contributed by atoms with E-state index in [1.54, 1.807) is 24.3 Å². The molecule has 0 unspecified atom stereocenters. The van der Waals surface area contributed by atoms with E-state index in [0.717, 1.165) is 11.1 Å². The molecule has 8 aromatic carbocycles. The van der Waals surface area contributed by atoms with Crippen LogP contribution in [0.5, 0.6) is 0 Å². The molecule has 0 aliphatic rings. The first-order valence-corrected chi connectivity index (χ1v) is 16.5. The highest BCUT2D eigenvalue weighted by Crippen LogP contribution is 2.40. The van der Waals surface area contributed by atoms with Gasteiger partial charge in [0.2, 0.25) is 0 Å². The predicted octanol–water partition coefficient (Wildman–Crippen LogP) is 13.4. The van der Waals surface area contributed by atoms with Crippen LogP contribution in [0.15, 0.2) is 204 Å². The molecule has 55 heavy (non-hydrogen) atoms. The lowest BCUT2D eigenvalue weighted by Gasteiger charge is -2.11. The van der Waals surface area contributed by atoms with Gasteiger partial charge in [-0.25, -0.2) is 15.0 Å². The molecule has 2 heterocycles. The fraction of sp³-hybridized carbons (Fsp3) is 0. The summed E-state index contributed by atoms with van der Waals surface area (Å²) in [6.45, 7) is 0. The second-order valence-corrected chi connectivity index (χ2v) is 11.8. The second-order valence-electron chi connectivity index (χ2n) is 11.8. The van der Waals surface area contributed by atoms with Gasteiger partial charge in [0, 0.05) is 27.5 Å². The van der Waals surface area contributed by atoms with Gasteiger partial charge in [-0.05, 0) is 57.1 Å². The molecule has 0 atom stereocenters. The molecular formula is C51H33N3O. The molecule has 0 bridgehead atoms. The summed E-state index contributed by atoms with van der Waals surface area (Å²) in [5, 5.41) is -0.608. The van der Waals surface area contributed by atoms with Gasteiger partial charge in [-0.2, -0.15) is 0 Å². The minimum Gasteiger partial charge on any atom is -0.455 e. The van der Waals surface area contributed by atoms with Crippen LogP contribution in [-0.4, -0.2) is 15.0 Å².